The van der Waals surface area contributed by atoms with Gasteiger partial charge in [-0.1, -0.05) is 67.6 Å². The van der Waals surface area contributed by atoms with Crippen molar-refractivity contribution in [1.29, 1.82) is 0 Å². The zero-order chi connectivity index (χ0) is 16.9. The topological polar surface area (TPSA) is 55.1 Å². The van der Waals surface area contributed by atoms with E-state index in [1.54, 1.807) is 0 Å². The number of hydrogen-bond acceptors (Lipinski definition) is 2. The van der Waals surface area contributed by atoms with Crippen LogP contribution in [0.2, 0.25) is 0 Å². The van der Waals surface area contributed by atoms with Crippen LogP contribution in [0.15, 0.2) is 60.7 Å². The molecular weight excluding hydrogens is 296 g/mol. The van der Waals surface area contributed by atoms with Crippen LogP contribution in [0.5, 0.6) is 0 Å². The Morgan fingerprint density at radius 2 is 1.67 bits per heavy atom. The van der Waals surface area contributed by atoms with Crippen molar-refractivity contribution >= 4 is 5.91 Å². The van der Waals surface area contributed by atoms with E-state index in [1.165, 1.54) is 18.4 Å². The molecule has 2 aromatic carbocycles. The minimum Gasteiger partial charge on any atom is -0.352 e. The number of amides is 1. The summed E-state index contributed by atoms with van der Waals surface area (Å²) in [5.41, 5.74) is 8.58. The average molecular weight is 322 g/mol. The highest BCUT2D eigenvalue weighted by molar-refractivity contribution is 5.79. The molecule has 2 aromatic rings. The van der Waals surface area contributed by atoms with Crippen LogP contribution in [-0.4, -0.2) is 11.9 Å². The molecule has 0 saturated heterocycles. The SMILES string of the molecule is CC(C(=O)NC(Cc1ccccc1)C1CC1)C(N)c1ccccc1. The number of carbonyl (C=O) groups is 1. The fourth-order valence-electron chi connectivity index (χ4n) is 3.14. The van der Waals surface area contributed by atoms with E-state index in [0.29, 0.717) is 5.92 Å². The zero-order valence-electron chi connectivity index (χ0n) is 14.2. The first kappa shape index (κ1) is 16.7. The van der Waals surface area contributed by atoms with Gasteiger partial charge in [-0.3, -0.25) is 4.79 Å². The Balaban J connectivity index is 1.63. The highest BCUT2D eigenvalue weighted by atomic mass is 16.2. The van der Waals surface area contributed by atoms with E-state index < -0.39 is 0 Å². The molecule has 3 atom stereocenters. The number of benzene rings is 2. The largest absolute Gasteiger partial charge is 0.352 e. The molecule has 24 heavy (non-hydrogen) atoms. The average Bonchev–Trinajstić information content (AvgIpc) is 3.46. The van der Waals surface area contributed by atoms with Gasteiger partial charge in [0.15, 0.2) is 0 Å². The highest BCUT2D eigenvalue weighted by Gasteiger charge is 2.34. The van der Waals surface area contributed by atoms with Gasteiger partial charge in [0.1, 0.15) is 0 Å². The summed E-state index contributed by atoms with van der Waals surface area (Å²) >= 11 is 0. The predicted octanol–water partition coefficient (Wildman–Crippen LogP) is 3.46. The van der Waals surface area contributed by atoms with Gasteiger partial charge in [-0.25, -0.2) is 0 Å². The summed E-state index contributed by atoms with van der Waals surface area (Å²) in [7, 11) is 0. The highest BCUT2D eigenvalue weighted by Crippen LogP contribution is 2.34. The summed E-state index contributed by atoms with van der Waals surface area (Å²) < 4.78 is 0. The van der Waals surface area contributed by atoms with Crippen LogP contribution < -0.4 is 11.1 Å². The minimum atomic E-state index is -0.275. The van der Waals surface area contributed by atoms with Gasteiger partial charge in [0.05, 0.1) is 5.92 Å². The van der Waals surface area contributed by atoms with E-state index >= 15 is 0 Å². The zero-order valence-corrected chi connectivity index (χ0v) is 14.2. The summed E-state index contributed by atoms with van der Waals surface area (Å²) in [4.78, 5) is 12.7. The molecular formula is C21H26N2O. The van der Waals surface area contributed by atoms with E-state index in [-0.39, 0.29) is 23.9 Å². The Kier molecular flexibility index (Phi) is 5.31. The first-order valence-corrected chi connectivity index (χ1v) is 8.80. The van der Waals surface area contributed by atoms with Gasteiger partial charge in [-0.05, 0) is 36.3 Å². The standard InChI is InChI=1S/C21H26N2O/c1-15(20(22)18-10-6-3-7-11-18)21(24)23-19(17-12-13-17)14-16-8-4-2-5-9-16/h2-11,15,17,19-20H,12-14,22H2,1H3,(H,23,24). The molecule has 1 saturated carbocycles. The fourth-order valence-corrected chi connectivity index (χ4v) is 3.14. The molecule has 0 bridgehead atoms. The van der Waals surface area contributed by atoms with Crippen LogP contribution in [-0.2, 0) is 11.2 Å². The van der Waals surface area contributed by atoms with E-state index in [9.17, 15) is 4.79 Å². The molecule has 0 heterocycles. The van der Waals surface area contributed by atoms with Crippen molar-refractivity contribution in [2.24, 2.45) is 17.6 Å². The number of nitrogens with two attached hydrogens (primary N) is 1. The van der Waals surface area contributed by atoms with Gasteiger partial charge in [-0.2, -0.15) is 0 Å². The summed E-state index contributed by atoms with van der Waals surface area (Å²) in [5.74, 6) is 0.415. The maximum absolute atomic E-state index is 12.7. The first-order chi connectivity index (χ1) is 11.6. The number of hydrogen-bond donors (Lipinski definition) is 2. The van der Waals surface area contributed by atoms with Crippen molar-refractivity contribution in [3.63, 3.8) is 0 Å². The number of rotatable bonds is 7. The molecule has 3 nitrogen and oxygen atoms in total. The van der Waals surface area contributed by atoms with E-state index in [4.69, 9.17) is 5.73 Å². The maximum Gasteiger partial charge on any atom is 0.224 e. The third-order valence-corrected chi connectivity index (χ3v) is 4.95. The van der Waals surface area contributed by atoms with Gasteiger partial charge >= 0.3 is 0 Å². The van der Waals surface area contributed by atoms with Gasteiger partial charge in [0.2, 0.25) is 5.91 Å². The maximum atomic E-state index is 12.7. The van der Waals surface area contributed by atoms with E-state index in [1.807, 2.05) is 43.3 Å². The molecule has 126 valence electrons. The molecule has 3 N–H and O–H groups in total. The second-order valence-electron chi connectivity index (χ2n) is 6.87. The van der Waals surface area contributed by atoms with E-state index in [2.05, 4.69) is 29.6 Å². The second kappa shape index (κ2) is 7.63. The Morgan fingerprint density at radius 1 is 1.08 bits per heavy atom. The van der Waals surface area contributed by atoms with Crippen molar-refractivity contribution in [1.82, 2.24) is 5.32 Å². The summed E-state index contributed by atoms with van der Waals surface area (Å²) in [5, 5.41) is 3.26. The number of nitrogens with one attached hydrogen (secondary N) is 1. The van der Waals surface area contributed by atoms with Crippen LogP contribution in [0.3, 0.4) is 0 Å². The van der Waals surface area contributed by atoms with Crippen molar-refractivity contribution in [3.8, 4) is 0 Å². The Morgan fingerprint density at radius 3 is 2.25 bits per heavy atom. The lowest BCUT2D eigenvalue weighted by molar-refractivity contribution is -0.126. The summed E-state index contributed by atoms with van der Waals surface area (Å²) in [6.07, 6.45) is 3.30. The molecule has 3 unspecified atom stereocenters. The fraction of sp³-hybridized carbons (Fsp3) is 0.381. The van der Waals surface area contributed by atoms with Crippen molar-refractivity contribution in [2.75, 3.05) is 0 Å². The molecule has 1 aliphatic carbocycles. The Bertz CT molecular complexity index is 652. The minimum absolute atomic E-state index is 0.0548. The quantitative estimate of drug-likeness (QED) is 0.820. The molecule has 1 amide bonds. The smallest absolute Gasteiger partial charge is 0.224 e. The van der Waals surface area contributed by atoms with Gasteiger partial charge in [0.25, 0.3) is 0 Å². The van der Waals surface area contributed by atoms with Crippen LogP contribution >= 0.6 is 0 Å². The van der Waals surface area contributed by atoms with Gasteiger partial charge in [-0.15, -0.1) is 0 Å². The molecule has 0 aliphatic heterocycles. The number of carbonyl (C=O) groups excluding carboxylic acids is 1. The molecule has 0 spiro atoms. The molecule has 3 heteroatoms. The second-order valence-corrected chi connectivity index (χ2v) is 6.87. The van der Waals surface area contributed by atoms with Crippen molar-refractivity contribution in [2.45, 2.75) is 38.3 Å². The predicted molar refractivity (Wildman–Crippen MR) is 97.3 cm³/mol. The molecule has 0 aromatic heterocycles. The van der Waals surface area contributed by atoms with Crippen molar-refractivity contribution in [3.05, 3.63) is 71.8 Å². The van der Waals surface area contributed by atoms with Gasteiger partial charge < -0.3 is 11.1 Å². The lowest BCUT2D eigenvalue weighted by atomic mass is 9.93. The summed E-state index contributed by atoms with van der Waals surface area (Å²) in [6.45, 7) is 1.92. The Hall–Kier alpha value is -2.13. The molecule has 0 radical (unpaired) electrons. The first-order valence-electron chi connectivity index (χ1n) is 8.80. The Labute approximate surface area is 144 Å². The monoisotopic (exact) mass is 322 g/mol. The van der Waals surface area contributed by atoms with Crippen LogP contribution in [0.25, 0.3) is 0 Å². The summed E-state index contributed by atoms with van der Waals surface area (Å²) in [6, 6.07) is 20.2. The molecule has 1 fully saturated rings. The third-order valence-electron chi connectivity index (χ3n) is 4.95. The van der Waals surface area contributed by atoms with Crippen LogP contribution in [0.4, 0.5) is 0 Å². The van der Waals surface area contributed by atoms with Crippen LogP contribution in [0.1, 0.15) is 36.9 Å². The third kappa shape index (κ3) is 4.24. The van der Waals surface area contributed by atoms with Gasteiger partial charge in [0, 0.05) is 12.1 Å². The molecule has 3 rings (SSSR count). The van der Waals surface area contributed by atoms with Crippen LogP contribution in [0, 0.1) is 11.8 Å². The lowest BCUT2D eigenvalue weighted by Crippen LogP contribution is -2.43. The van der Waals surface area contributed by atoms with E-state index in [0.717, 1.165) is 12.0 Å². The normalized spacial score (nSPS) is 17.8. The lowest BCUT2D eigenvalue weighted by Gasteiger charge is -2.24. The molecule has 1 aliphatic rings. The van der Waals surface area contributed by atoms with Crippen molar-refractivity contribution < 1.29 is 4.79 Å².